The zero-order valence-electron chi connectivity index (χ0n) is 13.5. The van der Waals surface area contributed by atoms with Crippen LogP contribution in [0.15, 0.2) is 24.3 Å². The van der Waals surface area contributed by atoms with Crippen molar-refractivity contribution < 1.29 is 9.53 Å². The first kappa shape index (κ1) is 16.8. The molecule has 0 aromatic heterocycles. The predicted octanol–water partition coefficient (Wildman–Crippen LogP) is 1.89. The second-order valence-electron chi connectivity index (χ2n) is 6.11. The van der Waals surface area contributed by atoms with Crippen molar-refractivity contribution in [1.29, 1.82) is 0 Å². The molecular formula is C17H27N3O2. The number of ether oxygens (including phenoxy) is 1. The number of nitrogen functional groups attached to an aromatic ring is 1. The Labute approximate surface area is 132 Å². The Bertz CT molecular complexity index is 483. The molecule has 0 saturated carbocycles. The van der Waals surface area contributed by atoms with E-state index in [0.29, 0.717) is 30.0 Å². The van der Waals surface area contributed by atoms with Crippen LogP contribution in [0.3, 0.4) is 0 Å². The van der Waals surface area contributed by atoms with E-state index in [4.69, 9.17) is 10.5 Å². The minimum absolute atomic E-state index is 0.0547. The van der Waals surface area contributed by atoms with Crippen molar-refractivity contribution in [2.75, 3.05) is 31.9 Å². The highest BCUT2D eigenvalue weighted by Crippen LogP contribution is 2.11. The molecule has 0 spiro atoms. The van der Waals surface area contributed by atoms with E-state index in [9.17, 15) is 4.79 Å². The lowest BCUT2D eigenvalue weighted by atomic mass is 10.2. The second kappa shape index (κ2) is 8.15. The molecule has 22 heavy (non-hydrogen) atoms. The minimum atomic E-state index is -0.0547. The van der Waals surface area contributed by atoms with Crippen LogP contribution in [0.4, 0.5) is 5.69 Å². The van der Waals surface area contributed by atoms with Gasteiger partial charge in [-0.05, 0) is 51.4 Å². The third kappa shape index (κ3) is 5.31. The summed E-state index contributed by atoms with van der Waals surface area (Å²) in [6.45, 7) is 8.00. The average molecular weight is 305 g/mol. The van der Waals surface area contributed by atoms with Gasteiger partial charge in [-0.2, -0.15) is 0 Å². The molecule has 1 saturated heterocycles. The van der Waals surface area contributed by atoms with Gasteiger partial charge < -0.3 is 15.8 Å². The molecule has 0 radical (unpaired) electrons. The fraction of sp³-hybridized carbons (Fsp3) is 0.588. The Kier molecular flexibility index (Phi) is 6.21. The van der Waals surface area contributed by atoms with Gasteiger partial charge in [0.05, 0.1) is 12.2 Å². The molecule has 2 rings (SSSR count). The number of nitrogens with one attached hydrogen (secondary N) is 1. The van der Waals surface area contributed by atoms with E-state index in [2.05, 4.69) is 24.1 Å². The molecule has 1 aromatic carbocycles. The van der Waals surface area contributed by atoms with Gasteiger partial charge in [0, 0.05) is 30.9 Å². The van der Waals surface area contributed by atoms with Crippen molar-refractivity contribution in [2.45, 2.75) is 38.9 Å². The van der Waals surface area contributed by atoms with Gasteiger partial charge in [0.1, 0.15) is 0 Å². The van der Waals surface area contributed by atoms with Crippen molar-refractivity contribution in [3.8, 4) is 0 Å². The summed E-state index contributed by atoms with van der Waals surface area (Å²) < 4.78 is 5.73. The standard InChI is InChI=1S/C17H27N3O2/c1-13-11-20(12-14(2)22-13)9-4-3-8-19-17(21)15-6-5-7-16(18)10-15/h5-7,10,13-14H,3-4,8-9,11-12,18H2,1-2H3,(H,19,21). The fourth-order valence-corrected chi connectivity index (χ4v) is 2.91. The van der Waals surface area contributed by atoms with E-state index >= 15 is 0 Å². The SMILES string of the molecule is CC1CN(CCCCNC(=O)c2cccc(N)c2)CC(C)O1. The van der Waals surface area contributed by atoms with E-state index < -0.39 is 0 Å². The molecule has 1 aliphatic heterocycles. The molecule has 1 amide bonds. The van der Waals surface area contributed by atoms with Crippen LogP contribution in [0.25, 0.3) is 0 Å². The zero-order chi connectivity index (χ0) is 15.9. The Morgan fingerprint density at radius 3 is 2.73 bits per heavy atom. The van der Waals surface area contributed by atoms with Gasteiger partial charge >= 0.3 is 0 Å². The van der Waals surface area contributed by atoms with E-state index in [-0.39, 0.29) is 5.91 Å². The number of carbonyl (C=O) groups is 1. The lowest BCUT2D eigenvalue weighted by molar-refractivity contribution is -0.0681. The van der Waals surface area contributed by atoms with Gasteiger partial charge in [0.2, 0.25) is 0 Å². The quantitative estimate of drug-likeness (QED) is 0.622. The number of anilines is 1. The highest BCUT2D eigenvalue weighted by Gasteiger charge is 2.21. The molecule has 0 bridgehead atoms. The van der Waals surface area contributed by atoms with E-state index in [0.717, 1.165) is 32.5 Å². The van der Waals surface area contributed by atoms with Crippen molar-refractivity contribution >= 4 is 11.6 Å². The van der Waals surface area contributed by atoms with E-state index in [1.54, 1.807) is 24.3 Å². The molecule has 1 fully saturated rings. The number of amides is 1. The summed E-state index contributed by atoms with van der Waals surface area (Å²) in [5.74, 6) is -0.0547. The van der Waals surface area contributed by atoms with Crippen LogP contribution >= 0.6 is 0 Å². The largest absolute Gasteiger partial charge is 0.399 e. The Balaban J connectivity index is 1.62. The second-order valence-corrected chi connectivity index (χ2v) is 6.11. The first-order valence-electron chi connectivity index (χ1n) is 8.06. The number of nitrogens with two attached hydrogens (primary N) is 1. The zero-order valence-corrected chi connectivity index (χ0v) is 13.5. The molecule has 5 nitrogen and oxygen atoms in total. The summed E-state index contributed by atoms with van der Waals surface area (Å²) in [6.07, 6.45) is 2.68. The highest BCUT2D eigenvalue weighted by molar-refractivity contribution is 5.94. The highest BCUT2D eigenvalue weighted by atomic mass is 16.5. The number of benzene rings is 1. The smallest absolute Gasteiger partial charge is 0.251 e. The maximum absolute atomic E-state index is 12.0. The van der Waals surface area contributed by atoms with Crippen molar-refractivity contribution in [3.05, 3.63) is 29.8 Å². The summed E-state index contributed by atoms with van der Waals surface area (Å²) in [5.41, 5.74) is 6.92. The van der Waals surface area contributed by atoms with Crippen molar-refractivity contribution in [3.63, 3.8) is 0 Å². The van der Waals surface area contributed by atoms with Crippen LogP contribution in [0.1, 0.15) is 37.0 Å². The van der Waals surface area contributed by atoms with Crippen LogP contribution in [-0.2, 0) is 4.74 Å². The Morgan fingerprint density at radius 2 is 2.05 bits per heavy atom. The lowest BCUT2D eigenvalue weighted by Gasteiger charge is -2.35. The van der Waals surface area contributed by atoms with Crippen LogP contribution in [0.2, 0.25) is 0 Å². The predicted molar refractivity (Wildman–Crippen MR) is 88.9 cm³/mol. The number of hydrogen-bond acceptors (Lipinski definition) is 4. The molecule has 2 unspecified atom stereocenters. The van der Waals surface area contributed by atoms with Gasteiger partial charge in [0.25, 0.3) is 5.91 Å². The summed E-state index contributed by atoms with van der Waals surface area (Å²) in [5, 5.41) is 2.94. The molecule has 0 aliphatic carbocycles. The third-order valence-electron chi connectivity index (χ3n) is 3.83. The fourth-order valence-electron chi connectivity index (χ4n) is 2.91. The lowest BCUT2D eigenvalue weighted by Crippen LogP contribution is -2.45. The third-order valence-corrected chi connectivity index (χ3v) is 3.83. The molecule has 1 aromatic rings. The first-order chi connectivity index (χ1) is 10.5. The molecule has 122 valence electrons. The molecule has 2 atom stereocenters. The number of rotatable bonds is 6. The Hall–Kier alpha value is -1.59. The van der Waals surface area contributed by atoms with Crippen LogP contribution in [-0.4, -0.2) is 49.2 Å². The van der Waals surface area contributed by atoms with Gasteiger partial charge in [-0.3, -0.25) is 9.69 Å². The van der Waals surface area contributed by atoms with Gasteiger partial charge in [-0.15, -0.1) is 0 Å². The van der Waals surface area contributed by atoms with Gasteiger partial charge in [0.15, 0.2) is 0 Å². The number of carbonyl (C=O) groups excluding carboxylic acids is 1. The molecular weight excluding hydrogens is 278 g/mol. The molecule has 1 heterocycles. The first-order valence-corrected chi connectivity index (χ1v) is 8.06. The number of nitrogens with zero attached hydrogens (tertiary/aromatic N) is 1. The molecule has 5 heteroatoms. The van der Waals surface area contributed by atoms with E-state index in [1.165, 1.54) is 0 Å². The van der Waals surface area contributed by atoms with Crippen LogP contribution < -0.4 is 11.1 Å². The maximum atomic E-state index is 12.0. The normalized spacial score (nSPS) is 22.5. The summed E-state index contributed by atoms with van der Waals surface area (Å²) in [6, 6.07) is 7.06. The topological polar surface area (TPSA) is 67.6 Å². The number of morpholine rings is 1. The van der Waals surface area contributed by atoms with Crippen LogP contribution in [0.5, 0.6) is 0 Å². The number of unbranched alkanes of at least 4 members (excludes halogenated alkanes) is 1. The van der Waals surface area contributed by atoms with E-state index in [1.807, 2.05) is 0 Å². The van der Waals surface area contributed by atoms with Crippen LogP contribution in [0, 0.1) is 0 Å². The maximum Gasteiger partial charge on any atom is 0.251 e. The summed E-state index contributed by atoms with van der Waals surface area (Å²) >= 11 is 0. The molecule has 1 aliphatic rings. The monoisotopic (exact) mass is 305 g/mol. The van der Waals surface area contributed by atoms with Crippen molar-refractivity contribution in [1.82, 2.24) is 10.2 Å². The van der Waals surface area contributed by atoms with Gasteiger partial charge in [-0.1, -0.05) is 6.07 Å². The van der Waals surface area contributed by atoms with Crippen molar-refractivity contribution in [2.24, 2.45) is 0 Å². The Morgan fingerprint density at radius 1 is 1.32 bits per heavy atom. The van der Waals surface area contributed by atoms with Gasteiger partial charge in [-0.25, -0.2) is 0 Å². The molecule has 3 N–H and O–H groups in total. The average Bonchev–Trinajstić information content (AvgIpc) is 2.45. The summed E-state index contributed by atoms with van der Waals surface area (Å²) in [7, 11) is 0. The summed E-state index contributed by atoms with van der Waals surface area (Å²) in [4.78, 5) is 14.4. The minimum Gasteiger partial charge on any atom is -0.399 e. The number of hydrogen-bond donors (Lipinski definition) is 2.